The molecule has 0 radical (unpaired) electrons. The van der Waals surface area contributed by atoms with Crippen molar-refractivity contribution in [3.8, 4) is 0 Å². The van der Waals surface area contributed by atoms with E-state index in [4.69, 9.17) is 10.2 Å². The summed E-state index contributed by atoms with van der Waals surface area (Å²) in [5.41, 5.74) is 6.57. The van der Waals surface area contributed by atoms with Gasteiger partial charge in [0.2, 0.25) is 0 Å². The lowest BCUT2D eigenvalue weighted by Gasteiger charge is -2.18. The quantitative estimate of drug-likeness (QED) is 0.282. The fourth-order valence-corrected chi connectivity index (χ4v) is 4.99. The van der Waals surface area contributed by atoms with E-state index in [0.717, 1.165) is 46.4 Å². The number of rotatable bonds is 8. The van der Waals surface area contributed by atoms with Crippen molar-refractivity contribution in [2.24, 2.45) is 0 Å². The summed E-state index contributed by atoms with van der Waals surface area (Å²) in [7, 11) is 0. The van der Waals surface area contributed by atoms with Gasteiger partial charge in [-0.25, -0.2) is 0 Å². The first-order chi connectivity index (χ1) is 16.2. The molecular weight excluding hydrogens is 420 g/mol. The van der Waals surface area contributed by atoms with Gasteiger partial charge < -0.3 is 0 Å². The van der Waals surface area contributed by atoms with E-state index >= 15 is 0 Å². The highest BCUT2D eigenvalue weighted by Gasteiger charge is 2.25. The van der Waals surface area contributed by atoms with Crippen LogP contribution >= 0.6 is 0 Å². The van der Waals surface area contributed by atoms with E-state index in [1.807, 2.05) is 13.8 Å². The number of Topliss-reactive ketones (excluding diaryl/α,β-unsaturated/α-hetero) is 1. The molecule has 34 heavy (non-hydrogen) atoms. The minimum atomic E-state index is -0.197. The zero-order valence-electron chi connectivity index (χ0n) is 21.9. The molecule has 0 N–H and O–H groups in total. The molecule has 0 aliphatic heterocycles. The molecule has 4 aromatic rings. The standard InChI is InChI=1S/C29H38N4O/c1-9-25-23-13-11-21(15-27(23)32(30-25)17(3)4)19(7)29(34)20(8)22-12-14-24-26(10-2)31-33(18(5)6)28(24)16-22/h11-20H,9-10H2,1-8H3. The van der Waals surface area contributed by atoms with Gasteiger partial charge in [-0.05, 0) is 63.8 Å². The maximum atomic E-state index is 13.6. The van der Waals surface area contributed by atoms with Crippen LogP contribution < -0.4 is 0 Å². The molecule has 4 rings (SSSR count). The van der Waals surface area contributed by atoms with Gasteiger partial charge in [-0.15, -0.1) is 0 Å². The highest BCUT2D eigenvalue weighted by molar-refractivity contribution is 5.94. The van der Waals surface area contributed by atoms with Gasteiger partial charge in [0.15, 0.2) is 0 Å². The number of nitrogens with zero attached hydrogens (tertiary/aromatic N) is 4. The molecule has 2 aromatic heterocycles. The van der Waals surface area contributed by atoms with Crippen LogP contribution in [0.5, 0.6) is 0 Å². The van der Waals surface area contributed by atoms with Crippen LogP contribution in [0.4, 0.5) is 0 Å². The molecule has 0 bridgehead atoms. The van der Waals surface area contributed by atoms with Crippen LogP contribution in [0.15, 0.2) is 36.4 Å². The molecule has 0 spiro atoms. The van der Waals surface area contributed by atoms with Crippen molar-refractivity contribution in [1.29, 1.82) is 0 Å². The average Bonchev–Trinajstić information content (AvgIpc) is 3.40. The molecule has 0 amide bonds. The normalized spacial score (nSPS) is 13.9. The third kappa shape index (κ3) is 4.06. The molecule has 0 aliphatic carbocycles. The van der Waals surface area contributed by atoms with Crippen LogP contribution in [0.2, 0.25) is 0 Å². The number of carbonyl (C=O) groups excluding carboxylic acids is 1. The maximum Gasteiger partial charge on any atom is 0.147 e. The lowest BCUT2D eigenvalue weighted by atomic mass is 9.85. The van der Waals surface area contributed by atoms with Crippen molar-refractivity contribution in [3.63, 3.8) is 0 Å². The number of carbonyl (C=O) groups is 1. The Bertz CT molecular complexity index is 1240. The number of ketones is 1. The van der Waals surface area contributed by atoms with Gasteiger partial charge in [-0.2, -0.15) is 10.2 Å². The van der Waals surface area contributed by atoms with Crippen LogP contribution in [0, 0.1) is 0 Å². The minimum Gasteiger partial charge on any atom is -0.298 e. The van der Waals surface area contributed by atoms with Crippen molar-refractivity contribution in [3.05, 3.63) is 58.9 Å². The second-order valence-electron chi connectivity index (χ2n) is 10.1. The Morgan fingerprint density at radius 3 is 1.41 bits per heavy atom. The number of aryl methyl sites for hydroxylation is 2. The van der Waals surface area contributed by atoms with E-state index in [-0.39, 0.29) is 29.7 Å². The summed E-state index contributed by atoms with van der Waals surface area (Å²) in [4.78, 5) is 13.6. The first-order valence-electron chi connectivity index (χ1n) is 12.7. The van der Waals surface area contributed by atoms with Crippen molar-refractivity contribution in [2.75, 3.05) is 0 Å². The van der Waals surface area contributed by atoms with Crippen molar-refractivity contribution >= 4 is 27.6 Å². The Kier molecular flexibility index (Phi) is 6.66. The van der Waals surface area contributed by atoms with Gasteiger partial charge in [0.25, 0.3) is 0 Å². The summed E-state index contributed by atoms with van der Waals surface area (Å²) in [6.07, 6.45) is 1.80. The summed E-state index contributed by atoms with van der Waals surface area (Å²) >= 11 is 0. The summed E-state index contributed by atoms with van der Waals surface area (Å²) in [6.45, 7) is 16.9. The highest BCUT2D eigenvalue weighted by atomic mass is 16.1. The highest BCUT2D eigenvalue weighted by Crippen LogP contribution is 2.32. The number of benzene rings is 2. The lowest BCUT2D eigenvalue weighted by Crippen LogP contribution is -2.17. The van der Waals surface area contributed by atoms with Crippen molar-refractivity contribution in [1.82, 2.24) is 19.6 Å². The fraction of sp³-hybridized carbons (Fsp3) is 0.483. The molecule has 0 saturated heterocycles. The zero-order valence-corrected chi connectivity index (χ0v) is 21.9. The smallest absolute Gasteiger partial charge is 0.147 e. The Hall–Kier alpha value is -2.95. The van der Waals surface area contributed by atoms with E-state index in [0.29, 0.717) is 0 Å². The Balaban J connectivity index is 1.69. The molecule has 2 aromatic carbocycles. The Morgan fingerprint density at radius 2 is 1.09 bits per heavy atom. The first kappa shape index (κ1) is 24.2. The van der Waals surface area contributed by atoms with Crippen molar-refractivity contribution in [2.45, 2.75) is 92.2 Å². The molecule has 2 atom stereocenters. The topological polar surface area (TPSA) is 52.7 Å². The third-order valence-corrected chi connectivity index (χ3v) is 7.12. The molecule has 0 saturated carbocycles. The first-order valence-corrected chi connectivity index (χ1v) is 12.7. The van der Waals surface area contributed by atoms with Crippen LogP contribution in [-0.4, -0.2) is 25.3 Å². The van der Waals surface area contributed by atoms with Gasteiger partial charge in [0.05, 0.1) is 22.4 Å². The molecule has 180 valence electrons. The molecule has 2 heterocycles. The largest absolute Gasteiger partial charge is 0.298 e. The second kappa shape index (κ2) is 9.36. The molecule has 5 heteroatoms. The summed E-state index contributed by atoms with van der Waals surface area (Å²) in [5.74, 6) is -0.162. The SMILES string of the molecule is CCc1nn(C(C)C)c2cc(C(C)C(=O)C(C)c3ccc4c(CC)nn(C(C)C)c4c3)ccc12. The van der Waals surface area contributed by atoms with Crippen LogP contribution in [-0.2, 0) is 17.6 Å². The molecule has 5 nitrogen and oxygen atoms in total. The van der Waals surface area contributed by atoms with E-state index < -0.39 is 0 Å². The Morgan fingerprint density at radius 1 is 0.706 bits per heavy atom. The average molecular weight is 459 g/mol. The fourth-order valence-electron chi connectivity index (χ4n) is 4.99. The maximum absolute atomic E-state index is 13.6. The van der Waals surface area contributed by atoms with Crippen molar-refractivity contribution < 1.29 is 4.79 Å². The van der Waals surface area contributed by atoms with Gasteiger partial charge in [0.1, 0.15) is 5.78 Å². The van der Waals surface area contributed by atoms with Gasteiger partial charge >= 0.3 is 0 Å². The van der Waals surface area contributed by atoms with Crippen LogP contribution in [0.25, 0.3) is 21.8 Å². The van der Waals surface area contributed by atoms with Gasteiger partial charge in [-0.1, -0.05) is 52.0 Å². The second-order valence-corrected chi connectivity index (χ2v) is 10.1. The van der Waals surface area contributed by atoms with E-state index in [2.05, 4.69) is 87.3 Å². The van der Waals surface area contributed by atoms with Crippen LogP contribution in [0.3, 0.4) is 0 Å². The third-order valence-electron chi connectivity index (χ3n) is 7.12. The Labute approximate surface area is 203 Å². The van der Waals surface area contributed by atoms with Gasteiger partial charge in [-0.3, -0.25) is 14.2 Å². The van der Waals surface area contributed by atoms with E-state index in [9.17, 15) is 4.79 Å². The summed E-state index contributed by atoms with van der Waals surface area (Å²) in [6, 6.07) is 13.4. The number of hydrogen-bond acceptors (Lipinski definition) is 3. The number of aromatic nitrogens is 4. The summed E-state index contributed by atoms with van der Waals surface area (Å²) < 4.78 is 4.18. The number of hydrogen-bond donors (Lipinski definition) is 0. The summed E-state index contributed by atoms with van der Waals surface area (Å²) in [5, 5.41) is 12.0. The van der Waals surface area contributed by atoms with E-state index in [1.165, 1.54) is 10.8 Å². The molecule has 0 aliphatic rings. The van der Waals surface area contributed by atoms with Gasteiger partial charge in [0, 0.05) is 34.7 Å². The minimum absolute atomic E-state index is 0.197. The monoisotopic (exact) mass is 458 g/mol. The zero-order chi connectivity index (χ0) is 24.7. The number of fused-ring (bicyclic) bond motifs is 2. The molecular formula is C29H38N4O. The lowest BCUT2D eigenvalue weighted by molar-refractivity contribution is -0.121. The van der Waals surface area contributed by atoms with E-state index in [1.54, 1.807) is 0 Å². The predicted octanol–water partition coefficient (Wildman–Crippen LogP) is 7.15. The molecule has 0 fully saturated rings. The molecule has 2 unspecified atom stereocenters. The van der Waals surface area contributed by atoms with Crippen LogP contribution in [0.1, 0.15) is 102 Å². The predicted molar refractivity (Wildman–Crippen MR) is 141 cm³/mol.